The molecule has 7 heteroatoms. The molecule has 2 atom stereocenters. The first-order valence-electron chi connectivity index (χ1n) is 7.34. The maximum atomic E-state index is 12.0. The fourth-order valence-corrected chi connectivity index (χ4v) is 2.20. The van der Waals surface area contributed by atoms with E-state index in [1.165, 1.54) is 0 Å². The number of benzene rings is 1. The lowest BCUT2D eigenvalue weighted by Crippen LogP contribution is -2.41. The number of hydrogen-bond donors (Lipinski definition) is 2. The smallest absolute Gasteiger partial charge is 0.237 e. The van der Waals surface area contributed by atoms with Crippen molar-refractivity contribution in [2.45, 2.75) is 38.8 Å². The van der Waals surface area contributed by atoms with Crippen molar-refractivity contribution in [1.82, 2.24) is 5.32 Å². The summed E-state index contributed by atoms with van der Waals surface area (Å²) < 4.78 is 15.9. The molecule has 1 rings (SSSR count). The minimum absolute atomic E-state index is 0. The summed E-state index contributed by atoms with van der Waals surface area (Å²) in [6, 6.07) is 2.92. The van der Waals surface area contributed by atoms with Gasteiger partial charge in [-0.25, -0.2) is 0 Å². The van der Waals surface area contributed by atoms with Gasteiger partial charge in [-0.2, -0.15) is 0 Å². The predicted octanol–water partition coefficient (Wildman–Crippen LogP) is 2.44. The molecule has 0 aliphatic rings. The van der Waals surface area contributed by atoms with Gasteiger partial charge in [0.1, 0.15) is 0 Å². The summed E-state index contributed by atoms with van der Waals surface area (Å²) in [5.41, 5.74) is 6.68. The normalized spacial score (nSPS) is 12.6. The molecule has 23 heavy (non-hydrogen) atoms. The molecule has 0 bridgehead atoms. The minimum Gasteiger partial charge on any atom is -0.493 e. The largest absolute Gasteiger partial charge is 0.493 e. The lowest BCUT2D eigenvalue weighted by molar-refractivity contribution is -0.123. The molecule has 0 radical (unpaired) electrons. The predicted molar refractivity (Wildman–Crippen MR) is 92.8 cm³/mol. The lowest BCUT2D eigenvalue weighted by Gasteiger charge is -2.20. The molecule has 1 aromatic carbocycles. The molecule has 1 aromatic rings. The Bertz CT molecular complexity index is 486. The average Bonchev–Trinajstić information content (AvgIpc) is 2.53. The number of hydrogen-bond acceptors (Lipinski definition) is 5. The van der Waals surface area contributed by atoms with Crippen molar-refractivity contribution in [2.24, 2.45) is 5.73 Å². The molecule has 0 aliphatic carbocycles. The van der Waals surface area contributed by atoms with Gasteiger partial charge in [0.05, 0.1) is 33.4 Å². The van der Waals surface area contributed by atoms with Crippen LogP contribution in [0.3, 0.4) is 0 Å². The standard InChI is InChI=1S/C16H26N2O4.ClH/c1-6-7-12(17)16(19)18-10(2)11-8-13(20-3)15(22-5)14(9-11)21-4;/h8-10,12H,6-7,17H2,1-5H3,(H,18,19);1H. The number of nitrogens with one attached hydrogen (secondary N) is 1. The second-order valence-corrected chi connectivity index (χ2v) is 5.08. The number of rotatable bonds is 8. The first-order chi connectivity index (χ1) is 10.5. The SMILES string of the molecule is CCCC(N)C(=O)NC(C)c1cc(OC)c(OC)c(OC)c1.Cl. The maximum absolute atomic E-state index is 12.0. The highest BCUT2D eigenvalue weighted by atomic mass is 35.5. The van der Waals surface area contributed by atoms with Crippen LogP contribution in [-0.4, -0.2) is 33.3 Å². The Kier molecular flexibility index (Phi) is 9.44. The van der Waals surface area contributed by atoms with Crippen LogP contribution in [0.1, 0.15) is 38.3 Å². The van der Waals surface area contributed by atoms with Crippen molar-refractivity contribution in [3.63, 3.8) is 0 Å². The molecule has 2 unspecified atom stereocenters. The van der Waals surface area contributed by atoms with Gasteiger partial charge in [-0.3, -0.25) is 4.79 Å². The van der Waals surface area contributed by atoms with Crippen LogP contribution in [0, 0.1) is 0 Å². The van der Waals surface area contributed by atoms with Gasteiger partial charge in [0.15, 0.2) is 11.5 Å². The Labute approximate surface area is 144 Å². The van der Waals surface area contributed by atoms with E-state index in [1.807, 2.05) is 26.0 Å². The number of nitrogens with two attached hydrogens (primary N) is 1. The third-order valence-corrected chi connectivity index (χ3v) is 3.48. The van der Waals surface area contributed by atoms with Crippen LogP contribution in [0.5, 0.6) is 17.2 Å². The zero-order chi connectivity index (χ0) is 16.7. The van der Waals surface area contributed by atoms with E-state index >= 15 is 0 Å². The van der Waals surface area contributed by atoms with E-state index in [-0.39, 0.29) is 24.4 Å². The van der Waals surface area contributed by atoms with E-state index < -0.39 is 6.04 Å². The quantitative estimate of drug-likeness (QED) is 0.755. The van der Waals surface area contributed by atoms with E-state index in [4.69, 9.17) is 19.9 Å². The summed E-state index contributed by atoms with van der Waals surface area (Å²) >= 11 is 0. The fraction of sp³-hybridized carbons (Fsp3) is 0.562. The van der Waals surface area contributed by atoms with Crippen molar-refractivity contribution >= 4 is 18.3 Å². The highest BCUT2D eigenvalue weighted by Crippen LogP contribution is 2.39. The highest BCUT2D eigenvalue weighted by molar-refractivity contribution is 5.85. The second kappa shape index (κ2) is 10.2. The molecule has 0 fully saturated rings. The van der Waals surface area contributed by atoms with Crippen LogP contribution < -0.4 is 25.3 Å². The minimum atomic E-state index is -0.491. The van der Waals surface area contributed by atoms with Crippen LogP contribution >= 0.6 is 12.4 Å². The molecule has 0 aliphatic heterocycles. The van der Waals surface area contributed by atoms with Crippen molar-refractivity contribution in [3.8, 4) is 17.2 Å². The van der Waals surface area contributed by atoms with Gasteiger partial charge in [0.2, 0.25) is 11.7 Å². The zero-order valence-corrected chi connectivity index (χ0v) is 15.2. The molecule has 0 heterocycles. The van der Waals surface area contributed by atoms with Crippen molar-refractivity contribution in [1.29, 1.82) is 0 Å². The molecule has 0 saturated heterocycles. The average molecular weight is 347 g/mol. The van der Waals surface area contributed by atoms with E-state index in [1.54, 1.807) is 21.3 Å². The van der Waals surface area contributed by atoms with Crippen LogP contribution in [0.15, 0.2) is 12.1 Å². The van der Waals surface area contributed by atoms with Gasteiger partial charge in [0, 0.05) is 0 Å². The Hall–Kier alpha value is -1.66. The second-order valence-electron chi connectivity index (χ2n) is 5.08. The third kappa shape index (κ3) is 5.48. The van der Waals surface area contributed by atoms with E-state index in [9.17, 15) is 4.79 Å². The molecule has 0 spiro atoms. The highest BCUT2D eigenvalue weighted by Gasteiger charge is 2.19. The van der Waals surface area contributed by atoms with Crippen molar-refractivity contribution in [3.05, 3.63) is 17.7 Å². The van der Waals surface area contributed by atoms with Crippen LogP contribution in [0.4, 0.5) is 0 Å². The first kappa shape index (κ1) is 21.3. The summed E-state index contributed by atoms with van der Waals surface area (Å²) in [6.07, 6.45) is 1.53. The number of ether oxygens (including phenoxy) is 3. The Morgan fingerprint density at radius 2 is 1.70 bits per heavy atom. The van der Waals surface area contributed by atoms with Crippen molar-refractivity contribution in [2.75, 3.05) is 21.3 Å². The number of carbonyl (C=O) groups excluding carboxylic acids is 1. The molecule has 3 N–H and O–H groups in total. The topological polar surface area (TPSA) is 82.8 Å². The Morgan fingerprint density at radius 3 is 2.09 bits per heavy atom. The maximum Gasteiger partial charge on any atom is 0.237 e. The molecule has 132 valence electrons. The summed E-state index contributed by atoms with van der Waals surface area (Å²) in [6.45, 7) is 3.88. The van der Waals surface area contributed by atoms with Gasteiger partial charge in [-0.05, 0) is 31.0 Å². The molecular formula is C16H27ClN2O4. The zero-order valence-electron chi connectivity index (χ0n) is 14.3. The lowest BCUT2D eigenvalue weighted by atomic mass is 10.1. The van der Waals surface area contributed by atoms with E-state index in [0.717, 1.165) is 12.0 Å². The van der Waals surface area contributed by atoms with Gasteiger partial charge < -0.3 is 25.3 Å². The number of halogens is 1. The molecule has 0 saturated carbocycles. The monoisotopic (exact) mass is 346 g/mol. The van der Waals surface area contributed by atoms with Crippen LogP contribution in [0.2, 0.25) is 0 Å². The fourth-order valence-electron chi connectivity index (χ4n) is 2.20. The molecule has 1 amide bonds. The molecular weight excluding hydrogens is 320 g/mol. The number of methoxy groups -OCH3 is 3. The van der Waals surface area contributed by atoms with Crippen molar-refractivity contribution < 1.29 is 19.0 Å². The van der Waals surface area contributed by atoms with Crippen LogP contribution in [-0.2, 0) is 4.79 Å². The van der Waals surface area contributed by atoms with Crippen LogP contribution in [0.25, 0.3) is 0 Å². The third-order valence-electron chi connectivity index (χ3n) is 3.48. The van der Waals surface area contributed by atoms with E-state index in [2.05, 4.69) is 5.32 Å². The molecule has 0 aromatic heterocycles. The molecule has 6 nitrogen and oxygen atoms in total. The van der Waals surface area contributed by atoms with E-state index in [0.29, 0.717) is 23.7 Å². The van der Waals surface area contributed by atoms with Gasteiger partial charge in [0.25, 0.3) is 0 Å². The van der Waals surface area contributed by atoms with Gasteiger partial charge in [-0.15, -0.1) is 12.4 Å². The van der Waals surface area contributed by atoms with Gasteiger partial charge >= 0.3 is 0 Å². The summed E-state index contributed by atoms with van der Waals surface area (Å²) in [5.74, 6) is 1.46. The Balaban J connectivity index is 0.00000484. The number of carbonyl (C=O) groups is 1. The Morgan fingerprint density at radius 1 is 1.17 bits per heavy atom. The number of amides is 1. The summed E-state index contributed by atoms with van der Waals surface area (Å²) in [5, 5.41) is 2.90. The van der Waals surface area contributed by atoms with Gasteiger partial charge in [-0.1, -0.05) is 13.3 Å². The summed E-state index contributed by atoms with van der Waals surface area (Å²) in [4.78, 5) is 12.0. The first-order valence-corrected chi connectivity index (χ1v) is 7.34. The summed E-state index contributed by atoms with van der Waals surface area (Å²) in [7, 11) is 4.66.